The molecule has 220 valence electrons. The van der Waals surface area contributed by atoms with Crippen LogP contribution in [0.15, 0.2) is 35.5 Å². The van der Waals surface area contributed by atoms with Crippen LogP contribution in [0.2, 0.25) is 0 Å². The summed E-state index contributed by atoms with van der Waals surface area (Å²) in [6.07, 6.45) is 3.06. The van der Waals surface area contributed by atoms with Crippen LogP contribution in [0.5, 0.6) is 0 Å². The molecule has 11 N–H and O–H groups in total. The lowest BCUT2D eigenvalue weighted by Crippen LogP contribution is -2.59. The van der Waals surface area contributed by atoms with Crippen molar-refractivity contribution in [3.8, 4) is 0 Å². The zero-order valence-electron chi connectivity index (χ0n) is 22.7. The average Bonchev–Trinajstić information content (AvgIpc) is 3.33. The Bertz CT molecular complexity index is 1200. The van der Waals surface area contributed by atoms with E-state index in [0.29, 0.717) is 25.8 Å². The lowest BCUT2D eigenvalue weighted by Gasteiger charge is -2.27. The fourth-order valence-electron chi connectivity index (χ4n) is 4.06. The van der Waals surface area contributed by atoms with Crippen LogP contribution < -0.4 is 33.2 Å². The van der Waals surface area contributed by atoms with Crippen LogP contribution in [0.1, 0.15) is 38.7 Å². The lowest BCUT2D eigenvalue weighted by atomic mass is 9.97. The van der Waals surface area contributed by atoms with E-state index < -0.39 is 47.9 Å². The van der Waals surface area contributed by atoms with Crippen molar-refractivity contribution in [2.24, 2.45) is 28.1 Å². The second-order valence-electron chi connectivity index (χ2n) is 9.63. The minimum absolute atomic E-state index is 0.0327. The fourth-order valence-corrected chi connectivity index (χ4v) is 4.32. The zero-order valence-corrected chi connectivity index (χ0v) is 23.6. The number of aromatic nitrogens is 1. The molecule has 0 radical (unpaired) electrons. The first kappa shape index (κ1) is 32.4. The van der Waals surface area contributed by atoms with Gasteiger partial charge in [-0.05, 0) is 30.4 Å². The number of H-pyrrole nitrogens is 1. The van der Waals surface area contributed by atoms with Crippen molar-refractivity contribution in [2.75, 3.05) is 12.3 Å². The van der Waals surface area contributed by atoms with E-state index in [1.165, 1.54) is 0 Å². The number of carboxylic acid groups (broad SMARTS) is 1. The Hall–Kier alpha value is -3.78. The number of nitrogens with two attached hydrogens (primary N) is 3. The number of hydrogen-bond donors (Lipinski definition) is 9. The van der Waals surface area contributed by atoms with Crippen LogP contribution in [0.3, 0.4) is 0 Å². The summed E-state index contributed by atoms with van der Waals surface area (Å²) in [5.74, 6) is -3.49. The quantitative estimate of drug-likeness (QED) is 0.0551. The molecule has 0 bridgehead atoms. The highest BCUT2D eigenvalue weighted by Gasteiger charge is 2.32. The van der Waals surface area contributed by atoms with Gasteiger partial charge in [-0.3, -0.25) is 19.4 Å². The molecule has 0 fully saturated rings. The first-order valence-electron chi connectivity index (χ1n) is 13.1. The van der Waals surface area contributed by atoms with E-state index in [0.717, 1.165) is 16.5 Å². The number of carbonyl (C=O) groups excluding carboxylic acids is 3. The molecule has 5 atom stereocenters. The summed E-state index contributed by atoms with van der Waals surface area (Å²) in [5, 5.41) is 18.4. The number of carboxylic acids is 1. The Balaban J connectivity index is 2.05. The van der Waals surface area contributed by atoms with Crippen molar-refractivity contribution in [1.82, 2.24) is 20.9 Å². The normalized spacial score (nSPS) is 14.8. The number of aliphatic carboxylic acids is 1. The molecule has 2 aromatic rings. The first-order chi connectivity index (χ1) is 19.0. The summed E-state index contributed by atoms with van der Waals surface area (Å²) in [6, 6.07) is 3.18. The van der Waals surface area contributed by atoms with Crippen molar-refractivity contribution in [3.05, 3.63) is 36.0 Å². The van der Waals surface area contributed by atoms with E-state index in [1.54, 1.807) is 13.1 Å². The summed E-state index contributed by atoms with van der Waals surface area (Å²) in [7, 11) is 0. The molecule has 1 heterocycles. The Morgan fingerprint density at radius 3 is 2.35 bits per heavy atom. The van der Waals surface area contributed by atoms with Gasteiger partial charge in [0.1, 0.15) is 18.1 Å². The van der Waals surface area contributed by atoms with Crippen molar-refractivity contribution >= 4 is 53.2 Å². The molecule has 1 aromatic heterocycles. The number of para-hydroxylation sites is 1. The number of amides is 3. The second kappa shape index (κ2) is 15.7. The Kier molecular flexibility index (Phi) is 12.7. The third kappa shape index (κ3) is 9.45. The second-order valence-corrected chi connectivity index (χ2v) is 10.00. The SMILES string of the molecule is CCC(C)C(NC(=O)C(N)CCCN=C(N)N)C(=O)NC(CS)C(=O)NC(Cc1c[nH]c2ccccc12)C(=O)O. The number of carbonyl (C=O) groups is 4. The van der Waals surface area contributed by atoms with Gasteiger partial charge in [0.25, 0.3) is 0 Å². The molecule has 0 spiro atoms. The predicted molar refractivity (Wildman–Crippen MR) is 157 cm³/mol. The van der Waals surface area contributed by atoms with Crippen molar-refractivity contribution in [2.45, 2.75) is 63.7 Å². The minimum Gasteiger partial charge on any atom is -0.480 e. The summed E-state index contributed by atoms with van der Waals surface area (Å²) in [4.78, 5) is 57.8. The van der Waals surface area contributed by atoms with E-state index >= 15 is 0 Å². The Morgan fingerprint density at radius 2 is 1.73 bits per heavy atom. The molecule has 2 rings (SSSR count). The summed E-state index contributed by atoms with van der Waals surface area (Å²) in [6.45, 7) is 3.96. The molecule has 0 aliphatic heterocycles. The van der Waals surface area contributed by atoms with Crippen molar-refractivity contribution in [3.63, 3.8) is 0 Å². The van der Waals surface area contributed by atoms with Crippen LogP contribution in [0, 0.1) is 5.92 Å². The lowest BCUT2D eigenvalue weighted by molar-refractivity contribution is -0.142. The van der Waals surface area contributed by atoms with Gasteiger partial charge in [0.15, 0.2) is 5.96 Å². The third-order valence-corrected chi connectivity index (χ3v) is 6.99. The standard InChI is InChI=1S/C26H40N8O5S/c1-3-14(2)21(34-22(35)17(27)8-6-10-30-26(28)29)24(37)33-20(13-40)23(36)32-19(25(38)39)11-15-12-31-18-9-5-4-7-16(15)18/h4-5,7,9,12,14,17,19-21,31,40H,3,6,8,10-11,13,27H2,1-2H3,(H,32,36)(H,33,37)(H,34,35)(H,38,39)(H4,28,29,30). The number of thiol groups is 1. The maximum atomic E-state index is 13.2. The highest BCUT2D eigenvalue weighted by atomic mass is 32.1. The predicted octanol–water partition coefficient (Wildman–Crippen LogP) is -0.394. The molecule has 14 heteroatoms. The summed E-state index contributed by atoms with van der Waals surface area (Å²) in [5.41, 5.74) is 18.1. The van der Waals surface area contributed by atoms with E-state index in [1.807, 2.05) is 31.2 Å². The number of guanidine groups is 1. The number of benzene rings is 1. The van der Waals surface area contributed by atoms with E-state index in [-0.39, 0.29) is 24.1 Å². The third-order valence-electron chi connectivity index (χ3n) is 6.63. The van der Waals surface area contributed by atoms with Gasteiger partial charge in [-0.15, -0.1) is 0 Å². The summed E-state index contributed by atoms with van der Waals surface area (Å²) < 4.78 is 0. The average molecular weight is 577 g/mol. The monoisotopic (exact) mass is 576 g/mol. The molecule has 13 nitrogen and oxygen atoms in total. The molecule has 0 aliphatic rings. The number of fused-ring (bicyclic) bond motifs is 1. The maximum Gasteiger partial charge on any atom is 0.326 e. The van der Waals surface area contributed by atoms with Crippen LogP contribution in [-0.2, 0) is 25.6 Å². The number of aromatic amines is 1. The zero-order chi connectivity index (χ0) is 29.8. The van der Waals surface area contributed by atoms with Crippen molar-refractivity contribution < 1.29 is 24.3 Å². The molecule has 0 saturated heterocycles. The fraction of sp³-hybridized carbons (Fsp3) is 0.500. The Morgan fingerprint density at radius 1 is 1.05 bits per heavy atom. The molecule has 3 amide bonds. The van der Waals surface area contributed by atoms with E-state index in [9.17, 15) is 24.3 Å². The number of rotatable bonds is 16. The van der Waals surface area contributed by atoms with Gasteiger partial charge in [0, 0.05) is 35.8 Å². The number of nitrogens with one attached hydrogen (secondary N) is 4. The van der Waals surface area contributed by atoms with E-state index in [4.69, 9.17) is 17.2 Å². The molecular formula is C26H40N8O5S. The first-order valence-corrected chi connectivity index (χ1v) is 13.7. The molecule has 1 aromatic carbocycles. The minimum atomic E-state index is -1.24. The Labute approximate surface area is 238 Å². The van der Waals surface area contributed by atoms with Gasteiger partial charge in [-0.25, -0.2) is 4.79 Å². The maximum absolute atomic E-state index is 13.2. The van der Waals surface area contributed by atoms with Crippen LogP contribution >= 0.6 is 12.6 Å². The van der Waals surface area contributed by atoms with Crippen LogP contribution in [0.25, 0.3) is 10.9 Å². The van der Waals surface area contributed by atoms with E-state index in [2.05, 4.69) is 38.6 Å². The van der Waals surface area contributed by atoms with Gasteiger partial charge in [-0.2, -0.15) is 12.6 Å². The number of aliphatic imine (C=N–C) groups is 1. The van der Waals surface area contributed by atoms with Crippen LogP contribution in [-0.4, -0.2) is 76.2 Å². The van der Waals surface area contributed by atoms with Gasteiger partial charge in [0.05, 0.1) is 6.04 Å². The smallest absolute Gasteiger partial charge is 0.326 e. The van der Waals surface area contributed by atoms with Gasteiger partial charge < -0.3 is 43.2 Å². The van der Waals surface area contributed by atoms with Gasteiger partial charge in [-0.1, -0.05) is 38.5 Å². The van der Waals surface area contributed by atoms with Gasteiger partial charge in [0.2, 0.25) is 17.7 Å². The molecule has 40 heavy (non-hydrogen) atoms. The highest BCUT2D eigenvalue weighted by Crippen LogP contribution is 2.19. The number of nitrogens with zero attached hydrogens (tertiary/aromatic N) is 1. The molecular weight excluding hydrogens is 536 g/mol. The van der Waals surface area contributed by atoms with Crippen molar-refractivity contribution in [1.29, 1.82) is 0 Å². The van der Waals surface area contributed by atoms with Crippen LogP contribution in [0.4, 0.5) is 0 Å². The van der Waals surface area contributed by atoms with Gasteiger partial charge >= 0.3 is 5.97 Å². The molecule has 0 saturated carbocycles. The summed E-state index contributed by atoms with van der Waals surface area (Å²) >= 11 is 4.19. The highest BCUT2D eigenvalue weighted by molar-refractivity contribution is 7.80. The molecule has 5 unspecified atom stereocenters. The number of hydrogen-bond acceptors (Lipinski definition) is 7. The largest absolute Gasteiger partial charge is 0.480 e. The topological polar surface area (TPSA) is 231 Å². The molecule has 0 aliphatic carbocycles.